The van der Waals surface area contributed by atoms with Gasteiger partial charge in [0, 0.05) is 19.6 Å². The number of rotatable bonds is 5. The zero-order chi connectivity index (χ0) is 15.5. The number of nitrogens with one attached hydrogen (secondary N) is 1. The van der Waals surface area contributed by atoms with Crippen molar-refractivity contribution in [3.05, 3.63) is 35.4 Å². The van der Waals surface area contributed by atoms with Gasteiger partial charge in [0.15, 0.2) is 0 Å². The van der Waals surface area contributed by atoms with Crippen LogP contribution in [0.2, 0.25) is 0 Å². The Bertz CT molecular complexity index is 574. The first-order chi connectivity index (χ1) is 9.90. The Morgan fingerprint density at radius 3 is 2.81 bits per heavy atom. The van der Waals surface area contributed by atoms with Gasteiger partial charge in [-0.25, -0.2) is 0 Å². The third kappa shape index (κ3) is 4.26. The van der Waals surface area contributed by atoms with Crippen molar-refractivity contribution in [3.63, 3.8) is 0 Å². The fourth-order valence-electron chi connectivity index (χ4n) is 2.71. The van der Waals surface area contributed by atoms with Crippen LogP contribution in [0.3, 0.4) is 0 Å². The van der Waals surface area contributed by atoms with Gasteiger partial charge in [0.05, 0.1) is 6.10 Å². The maximum atomic E-state index is 12.3. The van der Waals surface area contributed by atoms with Crippen molar-refractivity contribution < 1.29 is 13.5 Å². The maximum Gasteiger partial charge on any atom is 0.279 e. The van der Waals surface area contributed by atoms with Gasteiger partial charge in [-0.15, -0.1) is 0 Å². The monoisotopic (exact) mass is 312 g/mol. The molecule has 2 atom stereocenters. The predicted octanol–water partition coefficient (Wildman–Crippen LogP) is 1.59. The van der Waals surface area contributed by atoms with Gasteiger partial charge in [0.25, 0.3) is 10.2 Å². The Morgan fingerprint density at radius 1 is 1.43 bits per heavy atom. The first kappa shape index (κ1) is 16.4. The molecule has 21 heavy (non-hydrogen) atoms. The van der Waals surface area contributed by atoms with E-state index in [-0.39, 0.29) is 6.54 Å². The average molecular weight is 312 g/mol. The highest BCUT2D eigenvalue weighted by atomic mass is 32.2. The zero-order valence-electron chi connectivity index (χ0n) is 12.6. The largest absolute Gasteiger partial charge is 0.387 e. The number of aryl methyl sites for hydroxylation is 1. The van der Waals surface area contributed by atoms with Gasteiger partial charge in [-0.3, -0.25) is 0 Å². The molecule has 1 heterocycles. The molecule has 0 aromatic heterocycles. The van der Waals surface area contributed by atoms with E-state index in [2.05, 4.69) is 11.6 Å². The molecular formula is C15H24N2O3S. The van der Waals surface area contributed by atoms with Gasteiger partial charge >= 0.3 is 0 Å². The topological polar surface area (TPSA) is 69.6 Å². The second-order valence-electron chi connectivity index (χ2n) is 5.83. The Balaban J connectivity index is 1.97. The molecule has 5 nitrogen and oxygen atoms in total. The Hall–Kier alpha value is -0.950. The lowest BCUT2D eigenvalue weighted by molar-refractivity contribution is 0.179. The summed E-state index contributed by atoms with van der Waals surface area (Å²) < 4.78 is 28.5. The van der Waals surface area contributed by atoms with E-state index in [1.165, 1.54) is 4.31 Å². The molecule has 0 aliphatic carbocycles. The summed E-state index contributed by atoms with van der Waals surface area (Å²) in [4.78, 5) is 0. The summed E-state index contributed by atoms with van der Waals surface area (Å²) >= 11 is 0. The van der Waals surface area contributed by atoms with Crippen molar-refractivity contribution in [2.45, 2.75) is 32.8 Å². The van der Waals surface area contributed by atoms with Crippen molar-refractivity contribution in [2.75, 3.05) is 19.6 Å². The minimum atomic E-state index is -3.51. The standard InChI is InChI=1S/C15H24N2O3S/c1-12-6-5-9-17(11-12)21(19,20)16-10-15(18)14-8-4-3-7-13(14)2/h3-4,7-8,12,15-16,18H,5-6,9-11H2,1-2H3/t12-,15-/m0/s1. The van der Waals surface area contributed by atoms with E-state index in [0.29, 0.717) is 19.0 Å². The molecule has 1 aromatic carbocycles. The van der Waals surface area contributed by atoms with Crippen molar-refractivity contribution in [1.82, 2.24) is 9.03 Å². The molecule has 1 fully saturated rings. The molecule has 2 rings (SSSR count). The number of hydrogen-bond acceptors (Lipinski definition) is 3. The van der Waals surface area contributed by atoms with Gasteiger partial charge in [0.2, 0.25) is 0 Å². The van der Waals surface area contributed by atoms with E-state index >= 15 is 0 Å². The molecule has 6 heteroatoms. The third-order valence-corrected chi connectivity index (χ3v) is 5.51. The maximum absolute atomic E-state index is 12.3. The number of aliphatic hydroxyl groups is 1. The molecule has 1 saturated heterocycles. The lowest BCUT2D eigenvalue weighted by Gasteiger charge is -2.30. The van der Waals surface area contributed by atoms with Crippen LogP contribution in [0.15, 0.2) is 24.3 Å². The van der Waals surface area contributed by atoms with Gasteiger partial charge in [-0.2, -0.15) is 17.4 Å². The van der Waals surface area contributed by atoms with Crippen LogP contribution >= 0.6 is 0 Å². The first-order valence-corrected chi connectivity index (χ1v) is 8.82. The van der Waals surface area contributed by atoms with Crippen LogP contribution in [0.25, 0.3) is 0 Å². The Labute approximate surface area is 127 Å². The zero-order valence-corrected chi connectivity index (χ0v) is 13.4. The smallest absolute Gasteiger partial charge is 0.279 e. The van der Waals surface area contributed by atoms with Crippen LogP contribution in [0.5, 0.6) is 0 Å². The third-order valence-electron chi connectivity index (χ3n) is 3.97. The molecule has 0 spiro atoms. The van der Waals surface area contributed by atoms with Crippen LogP contribution in [0, 0.1) is 12.8 Å². The highest BCUT2D eigenvalue weighted by molar-refractivity contribution is 7.87. The summed E-state index contributed by atoms with van der Waals surface area (Å²) in [5.74, 6) is 0.386. The molecule has 1 aliphatic heterocycles. The molecule has 1 aromatic rings. The van der Waals surface area contributed by atoms with E-state index < -0.39 is 16.3 Å². The minimum absolute atomic E-state index is 0.00192. The number of benzene rings is 1. The summed E-state index contributed by atoms with van der Waals surface area (Å²) in [6.07, 6.45) is 1.13. The summed E-state index contributed by atoms with van der Waals surface area (Å²) in [6.45, 7) is 5.07. The SMILES string of the molecule is Cc1ccccc1[C@@H](O)CNS(=O)(=O)N1CCC[C@H](C)C1. The number of piperidine rings is 1. The van der Waals surface area contributed by atoms with Crippen molar-refractivity contribution >= 4 is 10.2 Å². The fourth-order valence-corrected chi connectivity index (χ4v) is 4.08. The molecule has 0 saturated carbocycles. The van der Waals surface area contributed by atoms with Crippen LogP contribution in [0.4, 0.5) is 0 Å². The lowest BCUT2D eigenvalue weighted by atomic mass is 10.0. The first-order valence-electron chi connectivity index (χ1n) is 7.38. The number of hydrogen-bond donors (Lipinski definition) is 2. The van der Waals surface area contributed by atoms with Crippen LogP contribution in [0.1, 0.15) is 37.0 Å². The van der Waals surface area contributed by atoms with Gasteiger partial charge in [-0.05, 0) is 36.8 Å². The summed E-state index contributed by atoms with van der Waals surface area (Å²) in [5, 5.41) is 10.2. The van der Waals surface area contributed by atoms with E-state index in [1.807, 2.05) is 31.2 Å². The van der Waals surface area contributed by atoms with E-state index in [1.54, 1.807) is 0 Å². The Morgan fingerprint density at radius 2 is 2.14 bits per heavy atom. The highest BCUT2D eigenvalue weighted by Crippen LogP contribution is 2.19. The molecule has 118 valence electrons. The van der Waals surface area contributed by atoms with E-state index in [0.717, 1.165) is 24.0 Å². The van der Waals surface area contributed by atoms with Crippen molar-refractivity contribution in [2.24, 2.45) is 5.92 Å². The quantitative estimate of drug-likeness (QED) is 0.867. The summed E-state index contributed by atoms with van der Waals surface area (Å²) in [5.41, 5.74) is 1.71. The normalized spacial score (nSPS) is 22.1. The predicted molar refractivity (Wildman–Crippen MR) is 83.0 cm³/mol. The van der Waals surface area contributed by atoms with Gasteiger partial charge in [0.1, 0.15) is 0 Å². The van der Waals surface area contributed by atoms with Gasteiger partial charge in [-0.1, -0.05) is 31.2 Å². The minimum Gasteiger partial charge on any atom is -0.387 e. The molecule has 2 N–H and O–H groups in total. The molecule has 0 unspecified atom stereocenters. The summed E-state index contributed by atoms with van der Waals surface area (Å²) in [6, 6.07) is 7.45. The molecular weight excluding hydrogens is 288 g/mol. The number of aliphatic hydroxyl groups excluding tert-OH is 1. The van der Waals surface area contributed by atoms with Crippen LogP contribution in [-0.2, 0) is 10.2 Å². The van der Waals surface area contributed by atoms with Gasteiger partial charge < -0.3 is 5.11 Å². The second kappa shape index (κ2) is 6.87. The van der Waals surface area contributed by atoms with Crippen LogP contribution in [-0.4, -0.2) is 37.5 Å². The molecule has 0 amide bonds. The molecule has 0 radical (unpaired) electrons. The number of nitrogens with zero attached hydrogens (tertiary/aromatic N) is 1. The van der Waals surface area contributed by atoms with E-state index in [9.17, 15) is 13.5 Å². The molecule has 1 aliphatic rings. The van der Waals surface area contributed by atoms with E-state index in [4.69, 9.17) is 0 Å². The van der Waals surface area contributed by atoms with Crippen LogP contribution < -0.4 is 4.72 Å². The fraction of sp³-hybridized carbons (Fsp3) is 0.600. The second-order valence-corrected chi connectivity index (χ2v) is 7.59. The van der Waals surface area contributed by atoms with Crippen molar-refractivity contribution in [1.29, 1.82) is 0 Å². The summed E-state index contributed by atoms with van der Waals surface area (Å²) in [7, 11) is -3.51. The Kier molecular flexibility index (Phi) is 5.37. The molecule has 0 bridgehead atoms. The van der Waals surface area contributed by atoms with Crippen molar-refractivity contribution in [3.8, 4) is 0 Å². The lowest BCUT2D eigenvalue weighted by Crippen LogP contribution is -2.46. The average Bonchev–Trinajstić information content (AvgIpc) is 2.45. The highest BCUT2D eigenvalue weighted by Gasteiger charge is 2.27.